The van der Waals surface area contributed by atoms with Crippen molar-refractivity contribution < 1.29 is 36.8 Å². The largest absolute Gasteiger partial charge is 0.508 e. The Kier molecular flexibility index (Phi) is 12.7. The number of hydrogen-bond donors (Lipinski definition) is 2. The minimum Gasteiger partial charge on any atom is -0.508 e. The van der Waals surface area contributed by atoms with E-state index < -0.39 is 17.6 Å². The number of hydrogen-bond acceptors (Lipinski definition) is 8. The first-order valence-electron chi connectivity index (χ1n) is 10.2. The molecule has 0 aromatic heterocycles. The van der Waals surface area contributed by atoms with Crippen LogP contribution in [0.5, 0.6) is 11.5 Å². The fourth-order valence-corrected chi connectivity index (χ4v) is 6.45. The zero-order valence-corrected chi connectivity index (χ0v) is 21.8. The Morgan fingerprint density at radius 3 is 0.969 bits per heavy atom. The molecule has 0 aliphatic carbocycles. The Morgan fingerprint density at radius 2 is 0.750 bits per heavy atom. The summed E-state index contributed by atoms with van der Waals surface area (Å²) in [6, 6.07) is 15.7. The van der Waals surface area contributed by atoms with Gasteiger partial charge in [-0.15, -0.1) is 0 Å². The van der Waals surface area contributed by atoms with Gasteiger partial charge in [-0.3, -0.25) is 0 Å². The lowest BCUT2D eigenvalue weighted by Crippen LogP contribution is -2.43. The molecule has 0 spiro atoms. The molecule has 0 saturated carbocycles. The highest BCUT2D eigenvalue weighted by molar-refractivity contribution is 6.60. The van der Waals surface area contributed by atoms with Crippen LogP contribution in [0.1, 0.15) is 11.1 Å². The Hall–Kier alpha value is -1.77. The number of rotatable bonds is 12. The van der Waals surface area contributed by atoms with Gasteiger partial charge in [-0.25, -0.2) is 0 Å². The van der Waals surface area contributed by atoms with E-state index in [2.05, 4.69) is 0 Å². The van der Waals surface area contributed by atoms with E-state index in [0.29, 0.717) is 0 Å². The monoisotopic (exact) mass is 484 g/mol. The zero-order valence-electron chi connectivity index (χ0n) is 19.8. The lowest BCUT2D eigenvalue weighted by Gasteiger charge is -2.24. The highest BCUT2D eigenvalue weighted by Gasteiger charge is 2.37. The van der Waals surface area contributed by atoms with Gasteiger partial charge in [-0.2, -0.15) is 0 Å². The summed E-state index contributed by atoms with van der Waals surface area (Å²) in [6.07, 6.45) is 1.62. The number of phenols is 2. The molecular formula is C22H36O8Si2. The number of aryl methyl sites for hydroxylation is 2. The van der Waals surface area contributed by atoms with E-state index in [1.54, 1.807) is 66.9 Å². The Balaban J connectivity index is 0.000000320. The van der Waals surface area contributed by atoms with Gasteiger partial charge in [-0.1, -0.05) is 24.3 Å². The van der Waals surface area contributed by atoms with Crippen LogP contribution < -0.4 is 0 Å². The summed E-state index contributed by atoms with van der Waals surface area (Å²) in [5.41, 5.74) is 2.25. The Labute approximate surface area is 193 Å². The smallest absolute Gasteiger partial charge is 0.500 e. The molecule has 0 heterocycles. The summed E-state index contributed by atoms with van der Waals surface area (Å²) in [5.74, 6) is 0.551. The van der Waals surface area contributed by atoms with E-state index in [4.69, 9.17) is 36.8 Å². The molecule has 10 heteroatoms. The minimum absolute atomic E-state index is 0.275. The maximum absolute atomic E-state index is 9.16. The van der Waals surface area contributed by atoms with Gasteiger partial charge in [0.25, 0.3) is 0 Å². The molecule has 2 aromatic carbocycles. The first-order valence-corrected chi connectivity index (χ1v) is 14.0. The molecule has 180 valence electrons. The number of aromatic hydroxyl groups is 2. The standard InChI is InChI=1S/2C11H18O4Si/c2*1-13-16(14-2,15-3)9-8-10-4-6-11(12)7-5-10/h2*4-7,12H,8-9H2,1-3H3. The molecule has 2 rings (SSSR count). The molecule has 0 unspecified atom stereocenters. The summed E-state index contributed by atoms with van der Waals surface area (Å²) >= 11 is 0. The van der Waals surface area contributed by atoms with Crippen LogP contribution in [-0.4, -0.2) is 70.5 Å². The van der Waals surface area contributed by atoms with Crippen molar-refractivity contribution in [1.29, 1.82) is 0 Å². The number of phenolic OH excluding ortho intramolecular Hbond substituents is 2. The molecule has 0 amide bonds. The van der Waals surface area contributed by atoms with Gasteiger partial charge in [0.1, 0.15) is 11.5 Å². The van der Waals surface area contributed by atoms with Gasteiger partial charge in [-0.05, 0) is 48.2 Å². The fourth-order valence-electron chi connectivity index (χ4n) is 3.03. The normalized spacial score (nSPS) is 11.7. The molecule has 0 saturated heterocycles. The van der Waals surface area contributed by atoms with Gasteiger partial charge in [0, 0.05) is 54.7 Å². The molecule has 2 aromatic rings. The van der Waals surface area contributed by atoms with E-state index in [1.807, 2.05) is 24.3 Å². The van der Waals surface area contributed by atoms with Crippen molar-refractivity contribution in [3.63, 3.8) is 0 Å². The predicted molar refractivity (Wildman–Crippen MR) is 127 cm³/mol. The van der Waals surface area contributed by atoms with Gasteiger partial charge in [0.05, 0.1) is 0 Å². The second-order valence-electron chi connectivity index (χ2n) is 6.92. The van der Waals surface area contributed by atoms with E-state index in [0.717, 1.165) is 36.1 Å². The van der Waals surface area contributed by atoms with Crippen molar-refractivity contribution in [2.24, 2.45) is 0 Å². The molecule has 2 N–H and O–H groups in total. The van der Waals surface area contributed by atoms with Gasteiger partial charge < -0.3 is 36.8 Å². The Bertz CT molecular complexity index is 666. The molecule has 32 heavy (non-hydrogen) atoms. The lowest BCUT2D eigenvalue weighted by molar-refractivity contribution is 0.123. The molecule has 0 atom stereocenters. The van der Waals surface area contributed by atoms with Crippen molar-refractivity contribution in [3.8, 4) is 11.5 Å². The summed E-state index contributed by atoms with van der Waals surface area (Å²) in [6.45, 7) is 0. The topological polar surface area (TPSA) is 95.8 Å². The summed E-state index contributed by atoms with van der Waals surface area (Å²) in [5, 5.41) is 18.3. The van der Waals surface area contributed by atoms with Crippen LogP contribution in [0.2, 0.25) is 12.1 Å². The highest BCUT2D eigenvalue weighted by Crippen LogP contribution is 2.19. The fraction of sp³-hybridized carbons (Fsp3) is 0.455. The van der Waals surface area contributed by atoms with Crippen LogP contribution in [0.25, 0.3) is 0 Å². The first kappa shape index (κ1) is 28.3. The second kappa shape index (κ2) is 14.4. The molecular weight excluding hydrogens is 448 g/mol. The van der Waals surface area contributed by atoms with Crippen LogP contribution in [0.15, 0.2) is 48.5 Å². The summed E-state index contributed by atoms with van der Waals surface area (Å²) in [4.78, 5) is 0. The average molecular weight is 485 g/mol. The maximum Gasteiger partial charge on any atom is 0.500 e. The van der Waals surface area contributed by atoms with Crippen LogP contribution in [0, 0.1) is 0 Å². The van der Waals surface area contributed by atoms with E-state index in [9.17, 15) is 0 Å². The average Bonchev–Trinajstić information content (AvgIpc) is 2.84. The maximum atomic E-state index is 9.16. The summed E-state index contributed by atoms with van der Waals surface area (Å²) < 4.78 is 32.0. The van der Waals surface area contributed by atoms with Crippen molar-refractivity contribution in [3.05, 3.63) is 59.7 Å². The van der Waals surface area contributed by atoms with Gasteiger partial charge >= 0.3 is 17.6 Å². The molecule has 0 radical (unpaired) electrons. The van der Waals surface area contributed by atoms with E-state index in [-0.39, 0.29) is 11.5 Å². The lowest BCUT2D eigenvalue weighted by atomic mass is 10.2. The van der Waals surface area contributed by atoms with Crippen molar-refractivity contribution in [1.82, 2.24) is 0 Å². The SMILES string of the molecule is CO[Si](CCc1ccc(O)cc1)(OC)OC.CO[Si](CCc1ccc(O)cc1)(OC)OC. The van der Waals surface area contributed by atoms with E-state index >= 15 is 0 Å². The molecule has 0 bridgehead atoms. The molecule has 0 aliphatic rings. The third-order valence-corrected chi connectivity index (χ3v) is 10.6. The predicted octanol–water partition coefficient (Wildman–Crippen LogP) is 3.63. The van der Waals surface area contributed by atoms with Crippen LogP contribution in [0.3, 0.4) is 0 Å². The third-order valence-electron chi connectivity index (χ3n) is 5.18. The molecule has 0 aliphatic heterocycles. The second-order valence-corrected chi connectivity index (χ2v) is 13.1. The minimum atomic E-state index is -2.48. The zero-order chi connectivity index (χ0) is 24.0. The first-order chi connectivity index (χ1) is 15.3. The van der Waals surface area contributed by atoms with E-state index in [1.165, 1.54) is 0 Å². The van der Waals surface area contributed by atoms with Crippen molar-refractivity contribution in [2.45, 2.75) is 24.9 Å². The van der Waals surface area contributed by atoms with Crippen molar-refractivity contribution >= 4 is 17.6 Å². The van der Waals surface area contributed by atoms with Gasteiger partial charge in [0.15, 0.2) is 0 Å². The third kappa shape index (κ3) is 9.00. The molecule has 8 nitrogen and oxygen atoms in total. The van der Waals surface area contributed by atoms with Crippen LogP contribution in [-0.2, 0) is 39.4 Å². The number of benzene rings is 2. The highest BCUT2D eigenvalue weighted by atomic mass is 28.4. The quantitative estimate of drug-likeness (QED) is 0.441. The Morgan fingerprint density at radius 1 is 0.500 bits per heavy atom. The van der Waals surface area contributed by atoms with Crippen LogP contribution in [0.4, 0.5) is 0 Å². The van der Waals surface area contributed by atoms with Crippen molar-refractivity contribution in [2.75, 3.05) is 42.7 Å². The summed E-state index contributed by atoms with van der Waals surface area (Å²) in [7, 11) is 4.69. The molecule has 0 fully saturated rings. The van der Waals surface area contributed by atoms with Gasteiger partial charge in [0.2, 0.25) is 0 Å². The van der Waals surface area contributed by atoms with Crippen LogP contribution >= 0.6 is 0 Å².